The van der Waals surface area contributed by atoms with Crippen molar-refractivity contribution < 1.29 is 14.1 Å². The monoisotopic (exact) mass is 289 g/mol. The Kier molecular flexibility index (Phi) is 5.95. The molecule has 0 bridgehead atoms. The van der Waals surface area contributed by atoms with Crippen LogP contribution in [-0.2, 0) is 27.8 Å². The van der Waals surface area contributed by atoms with Gasteiger partial charge >= 0.3 is 5.97 Å². The number of hydrogen-bond acceptors (Lipinski definition) is 4. The second-order valence-corrected chi connectivity index (χ2v) is 7.01. The molecule has 4 nitrogen and oxygen atoms in total. The number of carbonyl (C=O) groups is 1. The summed E-state index contributed by atoms with van der Waals surface area (Å²) in [5.41, 5.74) is 0.744. The number of carboxylic acids is 1. The van der Waals surface area contributed by atoms with Crippen molar-refractivity contribution in [3.63, 3.8) is 0 Å². The number of aliphatic carboxylic acids is 1. The van der Waals surface area contributed by atoms with Crippen LogP contribution in [0.15, 0.2) is 5.38 Å². The van der Waals surface area contributed by atoms with Crippen molar-refractivity contribution in [1.82, 2.24) is 4.98 Å². The van der Waals surface area contributed by atoms with Crippen molar-refractivity contribution in [2.75, 3.05) is 0 Å². The third kappa shape index (κ3) is 4.17. The lowest BCUT2D eigenvalue weighted by molar-refractivity contribution is -0.137. The minimum Gasteiger partial charge on any atom is -0.480 e. The fourth-order valence-corrected chi connectivity index (χ4v) is 4.14. The second-order valence-electron chi connectivity index (χ2n) is 4.51. The van der Waals surface area contributed by atoms with Crippen LogP contribution >= 0.6 is 11.3 Å². The smallest absolute Gasteiger partial charge is 0.319 e. The maximum Gasteiger partial charge on any atom is 0.319 e. The predicted molar refractivity (Wildman–Crippen MR) is 74.2 cm³/mol. The van der Waals surface area contributed by atoms with E-state index in [4.69, 9.17) is 5.11 Å². The molecular weight excluding hydrogens is 270 g/mol. The molecule has 1 N–H and O–H groups in total. The Morgan fingerprint density at radius 1 is 1.56 bits per heavy atom. The van der Waals surface area contributed by atoms with Gasteiger partial charge in [0.1, 0.15) is 5.25 Å². The highest BCUT2D eigenvalue weighted by atomic mass is 32.2. The minimum atomic E-state index is -1.41. The highest BCUT2D eigenvalue weighted by molar-refractivity contribution is 7.85. The third-order valence-electron chi connectivity index (χ3n) is 2.49. The lowest BCUT2D eigenvalue weighted by Gasteiger charge is -2.14. The lowest BCUT2D eigenvalue weighted by atomic mass is 10.1. The second kappa shape index (κ2) is 6.99. The maximum absolute atomic E-state index is 12.1. The van der Waals surface area contributed by atoms with Crippen molar-refractivity contribution in [3.05, 3.63) is 16.1 Å². The summed E-state index contributed by atoms with van der Waals surface area (Å²) in [7, 11) is -1.41. The van der Waals surface area contributed by atoms with Gasteiger partial charge in [0.25, 0.3) is 0 Å². The third-order valence-corrected chi connectivity index (χ3v) is 5.34. The number of thiazole rings is 1. The summed E-state index contributed by atoms with van der Waals surface area (Å²) in [6, 6.07) is 0. The molecule has 0 saturated carbocycles. The normalized spacial score (nSPS) is 14.7. The first-order chi connectivity index (χ1) is 8.45. The first-order valence-corrected chi connectivity index (χ1v) is 8.25. The number of aryl methyl sites for hydroxylation is 1. The van der Waals surface area contributed by atoms with E-state index in [0.717, 1.165) is 23.5 Å². The van der Waals surface area contributed by atoms with Crippen LogP contribution in [-0.4, -0.2) is 25.5 Å². The fraction of sp³-hybridized carbons (Fsp3) is 0.667. The van der Waals surface area contributed by atoms with Crippen LogP contribution in [0.25, 0.3) is 0 Å². The minimum absolute atomic E-state index is 0.142. The molecule has 0 spiro atoms. The summed E-state index contributed by atoms with van der Waals surface area (Å²) >= 11 is 1.55. The average Bonchev–Trinajstić information content (AvgIpc) is 2.64. The van der Waals surface area contributed by atoms with E-state index in [0.29, 0.717) is 0 Å². The zero-order chi connectivity index (χ0) is 13.7. The molecule has 0 saturated heterocycles. The van der Waals surface area contributed by atoms with Crippen molar-refractivity contribution >= 4 is 28.1 Å². The number of rotatable bonds is 7. The van der Waals surface area contributed by atoms with Crippen LogP contribution in [0.3, 0.4) is 0 Å². The van der Waals surface area contributed by atoms with E-state index in [-0.39, 0.29) is 11.7 Å². The molecule has 0 radical (unpaired) electrons. The molecule has 102 valence electrons. The molecule has 0 aliphatic carbocycles. The first-order valence-electron chi connectivity index (χ1n) is 5.99. The van der Waals surface area contributed by atoms with Crippen LogP contribution in [0.5, 0.6) is 0 Å². The standard InChI is InChI=1S/C12H19NO3S2/c1-4-5-10-13-9(6-17-10)7-18(16)11(8(2)3)12(14)15/h6,8,11H,4-5,7H2,1-3H3,(H,14,15)/t11-,18-/m1/s1. The van der Waals surface area contributed by atoms with Gasteiger partial charge in [-0.2, -0.15) is 0 Å². The summed E-state index contributed by atoms with van der Waals surface area (Å²) in [6.45, 7) is 5.64. The molecule has 0 fully saturated rings. The largest absolute Gasteiger partial charge is 0.480 e. The highest BCUT2D eigenvalue weighted by Gasteiger charge is 2.28. The van der Waals surface area contributed by atoms with E-state index >= 15 is 0 Å². The van der Waals surface area contributed by atoms with Gasteiger partial charge in [0.05, 0.1) is 16.5 Å². The SMILES string of the molecule is CCCc1nc(C[S@@](=O)[C@@H](C(=O)O)C(C)C)cs1. The molecule has 2 atom stereocenters. The molecule has 0 aliphatic rings. The van der Waals surface area contributed by atoms with E-state index in [1.165, 1.54) is 0 Å². The molecule has 18 heavy (non-hydrogen) atoms. The Morgan fingerprint density at radius 2 is 2.22 bits per heavy atom. The quantitative estimate of drug-likeness (QED) is 0.837. The molecular formula is C12H19NO3S2. The highest BCUT2D eigenvalue weighted by Crippen LogP contribution is 2.17. The zero-order valence-corrected chi connectivity index (χ0v) is 12.5. The topological polar surface area (TPSA) is 67.3 Å². The lowest BCUT2D eigenvalue weighted by Crippen LogP contribution is -2.31. The Balaban J connectivity index is 2.70. The van der Waals surface area contributed by atoms with E-state index in [9.17, 15) is 9.00 Å². The molecule has 1 rings (SSSR count). The zero-order valence-electron chi connectivity index (χ0n) is 10.9. The van der Waals surface area contributed by atoms with Gasteiger partial charge in [-0.3, -0.25) is 9.00 Å². The summed E-state index contributed by atoms with van der Waals surface area (Å²) in [6.07, 6.45) is 1.95. The molecule has 0 unspecified atom stereocenters. The van der Waals surface area contributed by atoms with Crippen LogP contribution in [0.1, 0.15) is 37.9 Å². The van der Waals surface area contributed by atoms with Crippen molar-refractivity contribution in [1.29, 1.82) is 0 Å². The van der Waals surface area contributed by atoms with Gasteiger partial charge < -0.3 is 5.11 Å². The van der Waals surface area contributed by atoms with Gasteiger partial charge in [0, 0.05) is 16.2 Å². The Hall–Kier alpha value is -0.750. The van der Waals surface area contributed by atoms with Gasteiger partial charge in [-0.05, 0) is 18.8 Å². The number of hydrogen-bond donors (Lipinski definition) is 1. The van der Waals surface area contributed by atoms with E-state index in [1.807, 2.05) is 5.38 Å². The molecule has 0 aromatic carbocycles. The van der Waals surface area contributed by atoms with Crippen molar-refractivity contribution in [3.8, 4) is 0 Å². The van der Waals surface area contributed by atoms with Gasteiger partial charge in [-0.15, -0.1) is 11.3 Å². The summed E-state index contributed by atoms with van der Waals surface area (Å²) < 4.78 is 12.1. The molecule has 6 heteroatoms. The summed E-state index contributed by atoms with van der Waals surface area (Å²) in [4.78, 5) is 15.4. The number of carboxylic acid groups (broad SMARTS) is 1. The molecule has 1 heterocycles. The predicted octanol–water partition coefficient (Wildman–Crippen LogP) is 2.45. The van der Waals surface area contributed by atoms with Gasteiger partial charge in [-0.1, -0.05) is 20.8 Å². The average molecular weight is 289 g/mol. The van der Waals surface area contributed by atoms with Gasteiger partial charge in [-0.25, -0.2) is 4.98 Å². The van der Waals surface area contributed by atoms with E-state index in [1.54, 1.807) is 25.2 Å². The first kappa shape index (κ1) is 15.3. The van der Waals surface area contributed by atoms with Gasteiger partial charge in [0.15, 0.2) is 0 Å². The number of aromatic nitrogens is 1. The van der Waals surface area contributed by atoms with Crippen molar-refractivity contribution in [2.24, 2.45) is 5.92 Å². The van der Waals surface area contributed by atoms with Crippen LogP contribution < -0.4 is 0 Å². The molecule has 0 amide bonds. The van der Waals surface area contributed by atoms with Crippen LogP contribution in [0.2, 0.25) is 0 Å². The summed E-state index contributed by atoms with van der Waals surface area (Å²) in [5, 5.41) is 11.2. The molecule has 1 aromatic heterocycles. The Bertz CT molecular complexity index is 429. The van der Waals surface area contributed by atoms with Gasteiger partial charge in [0.2, 0.25) is 0 Å². The fourth-order valence-electron chi connectivity index (χ4n) is 1.68. The van der Waals surface area contributed by atoms with E-state index < -0.39 is 22.0 Å². The summed E-state index contributed by atoms with van der Waals surface area (Å²) in [5.74, 6) is -0.903. The Labute approximate surface area is 114 Å². The number of nitrogens with zero attached hydrogens (tertiary/aromatic N) is 1. The molecule has 1 aromatic rings. The Morgan fingerprint density at radius 3 is 2.72 bits per heavy atom. The van der Waals surface area contributed by atoms with E-state index in [2.05, 4.69) is 11.9 Å². The van der Waals surface area contributed by atoms with Crippen LogP contribution in [0.4, 0.5) is 0 Å². The molecule has 0 aliphatic heterocycles. The van der Waals surface area contributed by atoms with Crippen LogP contribution in [0, 0.1) is 5.92 Å². The van der Waals surface area contributed by atoms with Crippen molar-refractivity contribution in [2.45, 2.75) is 44.6 Å². The maximum atomic E-state index is 12.1.